The number of para-hydroxylation sites is 1. The van der Waals surface area contributed by atoms with Gasteiger partial charge in [0.05, 0.1) is 56.0 Å². The van der Waals surface area contributed by atoms with Gasteiger partial charge < -0.3 is 30.3 Å². The summed E-state index contributed by atoms with van der Waals surface area (Å²) in [4.78, 5) is 82.5. The summed E-state index contributed by atoms with van der Waals surface area (Å²) >= 11 is 0. The molecule has 0 bridgehead atoms. The van der Waals surface area contributed by atoms with Gasteiger partial charge in [-0.25, -0.2) is 8.42 Å². The second-order valence-electron chi connectivity index (χ2n) is 14.0. The monoisotopic (exact) mass is 808 g/mol. The number of ketones is 1. The third-order valence-corrected chi connectivity index (χ3v) is 10.9. The number of hydrogen-bond acceptors (Lipinski definition) is 11. The van der Waals surface area contributed by atoms with E-state index in [0.29, 0.717) is 16.8 Å². The van der Waals surface area contributed by atoms with Gasteiger partial charge in [0.1, 0.15) is 6.61 Å². The van der Waals surface area contributed by atoms with Crippen molar-refractivity contribution in [1.29, 1.82) is 0 Å². The minimum atomic E-state index is -3.95. The number of aliphatic carboxylic acids is 2. The van der Waals surface area contributed by atoms with Crippen molar-refractivity contribution >= 4 is 56.4 Å². The number of amides is 2. The number of morpholine rings is 1. The maximum absolute atomic E-state index is 14.2. The molecule has 17 heteroatoms. The Morgan fingerprint density at radius 3 is 2.18 bits per heavy atom. The summed E-state index contributed by atoms with van der Waals surface area (Å²) in [6.07, 6.45) is -1.48. The fourth-order valence-electron chi connectivity index (χ4n) is 6.15. The number of carboxylic acid groups (broad SMARTS) is 2. The Labute approximate surface area is 330 Å². The molecule has 2 heterocycles. The van der Waals surface area contributed by atoms with E-state index in [1.54, 1.807) is 68.4 Å². The summed E-state index contributed by atoms with van der Waals surface area (Å²) in [5.74, 6) is -8.69. The van der Waals surface area contributed by atoms with Gasteiger partial charge in [0.25, 0.3) is 0 Å². The number of Topliss-reactive ketones (excluding diaryl/α,β-unsaturated/α-hetero) is 1. The van der Waals surface area contributed by atoms with Crippen LogP contribution in [0.15, 0.2) is 78.2 Å². The molecule has 1 saturated heterocycles. The highest BCUT2D eigenvalue weighted by molar-refractivity contribution is 7.92. The normalized spacial score (nSPS) is 15.7. The first-order valence-corrected chi connectivity index (χ1v) is 20.0. The number of hydrogen-bond donors (Lipinski definition) is 4. The van der Waals surface area contributed by atoms with E-state index in [4.69, 9.17) is 9.47 Å². The molecule has 2 aromatic carbocycles. The number of pyridine rings is 1. The summed E-state index contributed by atoms with van der Waals surface area (Å²) in [6.45, 7) is 3.87. The van der Waals surface area contributed by atoms with Crippen molar-refractivity contribution in [3.05, 3.63) is 89.5 Å². The number of carbonyl (C=O) groups excluding carboxylic acids is 4. The molecule has 306 valence electrons. The van der Waals surface area contributed by atoms with E-state index in [9.17, 15) is 47.4 Å². The minimum Gasteiger partial charge on any atom is -0.481 e. The lowest BCUT2D eigenvalue weighted by Gasteiger charge is -2.26. The molecular weight excluding hydrogens is 761 g/mol. The molecule has 1 fully saturated rings. The van der Waals surface area contributed by atoms with Gasteiger partial charge in [-0.2, -0.15) is 4.31 Å². The van der Waals surface area contributed by atoms with E-state index in [1.165, 1.54) is 4.31 Å². The van der Waals surface area contributed by atoms with E-state index in [1.807, 2.05) is 12.1 Å². The first-order valence-electron chi connectivity index (χ1n) is 18.5. The zero-order valence-electron chi connectivity index (χ0n) is 31.7. The van der Waals surface area contributed by atoms with Crippen LogP contribution in [-0.2, 0) is 61.3 Å². The average molecular weight is 809 g/mol. The Kier molecular flexibility index (Phi) is 16.4. The van der Waals surface area contributed by atoms with Gasteiger partial charge in [0, 0.05) is 48.3 Å². The van der Waals surface area contributed by atoms with Gasteiger partial charge >= 0.3 is 17.9 Å². The lowest BCUT2D eigenvalue weighted by molar-refractivity contribution is -0.150. The Bertz CT molecular complexity index is 2030. The van der Waals surface area contributed by atoms with E-state index >= 15 is 0 Å². The summed E-state index contributed by atoms with van der Waals surface area (Å²) in [5, 5.41) is 26.0. The first kappa shape index (κ1) is 44.2. The molecule has 1 aromatic heterocycles. The molecule has 0 aliphatic carbocycles. The SMILES string of the molecule is CC(C)[C@H](CC(=O)[C@H](Cc1ccc2ccccc2n1)NC(=O)[C@H](CC(=O)O)CC(=O)OCc1ccccc1)C(=O)N[C@H](/C=C/S(=O)(=O)N1CCOCC1)CC(=O)O. The van der Waals surface area contributed by atoms with Crippen molar-refractivity contribution in [2.75, 3.05) is 26.3 Å². The Morgan fingerprint density at radius 1 is 0.842 bits per heavy atom. The average Bonchev–Trinajstić information content (AvgIpc) is 3.17. The highest BCUT2D eigenvalue weighted by Gasteiger charge is 2.34. The zero-order chi connectivity index (χ0) is 41.5. The third kappa shape index (κ3) is 14.2. The van der Waals surface area contributed by atoms with E-state index < -0.39 is 101 Å². The molecule has 0 radical (unpaired) electrons. The molecule has 1 aliphatic heterocycles. The van der Waals surface area contributed by atoms with Gasteiger partial charge in [-0.1, -0.05) is 68.4 Å². The Balaban J connectivity index is 1.55. The number of esters is 1. The second-order valence-corrected chi connectivity index (χ2v) is 15.8. The van der Waals surface area contributed by atoms with Crippen LogP contribution in [0.3, 0.4) is 0 Å². The summed E-state index contributed by atoms with van der Waals surface area (Å²) in [6, 6.07) is 16.9. The van der Waals surface area contributed by atoms with Crippen molar-refractivity contribution < 1.29 is 56.9 Å². The highest BCUT2D eigenvalue weighted by Crippen LogP contribution is 2.21. The molecule has 16 nitrogen and oxygen atoms in total. The summed E-state index contributed by atoms with van der Waals surface area (Å²) in [7, 11) is -3.95. The van der Waals surface area contributed by atoms with Crippen LogP contribution >= 0.6 is 0 Å². The number of nitrogens with one attached hydrogen (secondary N) is 2. The molecule has 4 N–H and O–H groups in total. The van der Waals surface area contributed by atoms with Crippen molar-refractivity contribution in [2.45, 2.75) is 64.6 Å². The maximum Gasteiger partial charge on any atom is 0.306 e. The number of fused-ring (bicyclic) bond motifs is 1. The molecule has 4 rings (SSSR count). The van der Waals surface area contributed by atoms with Crippen LogP contribution in [0.25, 0.3) is 10.9 Å². The smallest absolute Gasteiger partial charge is 0.306 e. The van der Waals surface area contributed by atoms with Crippen LogP contribution in [-0.4, -0.2) is 102 Å². The van der Waals surface area contributed by atoms with Crippen LogP contribution in [0, 0.1) is 17.8 Å². The first-order chi connectivity index (χ1) is 27.1. The van der Waals surface area contributed by atoms with Crippen LogP contribution in [0.4, 0.5) is 0 Å². The fraction of sp³-hybridized carbons (Fsp3) is 0.425. The van der Waals surface area contributed by atoms with Gasteiger partial charge in [-0.15, -0.1) is 0 Å². The standard InChI is InChI=1S/C40H48N4O12S/c1-26(2)32(40(52)42-31(23-37(48)49)14-19-57(53,54)44-15-17-55-18-16-44)24-35(45)34(22-30-13-12-28-10-6-7-11-33(28)41-30)43-39(51)29(20-36(46)47)21-38(50)56-25-27-8-4-3-5-9-27/h3-14,19,26,29,31-32,34H,15-18,20-25H2,1-2H3,(H,42,52)(H,43,51)(H,46,47)(H,48,49)/b19-14+/t29-,31-,32+,34+/m1/s1. The van der Waals surface area contributed by atoms with Crippen molar-refractivity contribution in [1.82, 2.24) is 19.9 Å². The number of benzene rings is 2. The molecule has 0 saturated carbocycles. The molecule has 4 atom stereocenters. The van der Waals surface area contributed by atoms with Crippen molar-refractivity contribution in [3.8, 4) is 0 Å². The third-order valence-electron chi connectivity index (χ3n) is 9.32. The number of nitrogens with zero attached hydrogens (tertiary/aromatic N) is 2. The quantitative estimate of drug-likeness (QED) is 0.114. The molecule has 57 heavy (non-hydrogen) atoms. The van der Waals surface area contributed by atoms with Crippen molar-refractivity contribution in [3.63, 3.8) is 0 Å². The second kappa shape index (κ2) is 21.1. The topological polar surface area (TPSA) is 236 Å². The van der Waals surface area contributed by atoms with Crippen LogP contribution in [0.2, 0.25) is 0 Å². The molecule has 3 aromatic rings. The molecular formula is C40H48N4O12S. The fourth-order valence-corrected chi connectivity index (χ4v) is 7.37. The highest BCUT2D eigenvalue weighted by atomic mass is 32.2. The minimum absolute atomic E-state index is 0.0960. The van der Waals surface area contributed by atoms with Gasteiger partial charge in [-0.3, -0.25) is 33.8 Å². The number of ether oxygens (including phenoxy) is 2. The maximum atomic E-state index is 14.2. The number of aromatic nitrogens is 1. The van der Waals surface area contributed by atoms with E-state index in [2.05, 4.69) is 15.6 Å². The molecule has 0 unspecified atom stereocenters. The number of carbonyl (C=O) groups is 6. The lowest BCUT2D eigenvalue weighted by atomic mass is 9.86. The lowest BCUT2D eigenvalue weighted by Crippen LogP contribution is -2.48. The van der Waals surface area contributed by atoms with Crippen LogP contribution < -0.4 is 10.6 Å². The van der Waals surface area contributed by atoms with Crippen molar-refractivity contribution in [2.24, 2.45) is 17.8 Å². The predicted molar refractivity (Wildman–Crippen MR) is 207 cm³/mol. The number of rotatable bonds is 21. The largest absolute Gasteiger partial charge is 0.481 e. The number of sulfonamides is 1. The zero-order valence-corrected chi connectivity index (χ0v) is 32.6. The molecule has 2 amide bonds. The van der Waals surface area contributed by atoms with Crippen LogP contribution in [0.5, 0.6) is 0 Å². The van der Waals surface area contributed by atoms with Gasteiger partial charge in [0.2, 0.25) is 21.8 Å². The van der Waals surface area contributed by atoms with E-state index in [-0.39, 0.29) is 39.3 Å². The van der Waals surface area contributed by atoms with Gasteiger partial charge in [-0.05, 0) is 29.7 Å². The molecule has 1 aliphatic rings. The number of carboxylic acids is 2. The Morgan fingerprint density at radius 2 is 1.51 bits per heavy atom. The summed E-state index contributed by atoms with van der Waals surface area (Å²) < 4.78 is 37.4. The summed E-state index contributed by atoms with van der Waals surface area (Å²) in [5.41, 5.74) is 1.71. The van der Waals surface area contributed by atoms with Crippen LogP contribution in [0.1, 0.15) is 50.8 Å². The van der Waals surface area contributed by atoms with Gasteiger partial charge in [0.15, 0.2) is 5.78 Å². The predicted octanol–water partition coefficient (Wildman–Crippen LogP) is 2.85. The molecule has 0 spiro atoms. The van der Waals surface area contributed by atoms with E-state index in [0.717, 1.165) is 16.9 Å². The Hall–Kier alpha value is -5.52.